The molecule has 0 radical (unpaired) electrons. The number of rotatable bonds is 25. The van der Waals surface area contributed by atoms with Crippen LogP contribution in [0.4, 0.5) is 0 Å². The smallest absolute Gasteiger partial charge is 0.330 e. The minimum atomic E-state index is -2.20. The van der Waals surface area contributed by atoms with Crippen molar-refractivity contribution in [3.63, 3.8) is 0 Å². The molecule has 0 saturated carbocycles. The number of phenolic OH excluding ortho intramolecular Hbond substituents is 6. The molecule has 0 aliphatic rings. The molecule has 0 bridgehead atoms. The number of carboxylic acids is 1. The van der Waals surface area contributed by atoms with Crippen molar-refractivity contribution in [2.24, 2.45) is 11.7 Å². The van der Waals surface area contributed by atoms with Crippen molar-refractivity contribution < 1.29 is 79.2 Å². The van der Waals surface area contributed by atoms with Crippen molar-refractivity contribution in [2.75, 3.05) is 7.05 Å². The molecule has 5 aromatic rings. The summed E-state index contributed by atoms with van der Waals surface area (Å²) in [7, 11) is 1.55. The second kappa shape index (κ2) is 27.1. The van der Waals surface area contributed by atoms with Crippen LogP contribution in [0, 0.1) is 5.92 Å². The summed E-state index contributed by atoms with van der Waals surface area (Å²) in [4.78, 5) is 111. The number of amides is 7. The van der Waals surface area contributed by atoms with Gasteiger partial charge in [-0.25, -0.2) is 4.79 Å². The molecule has 7 amide bonds. The summed E-state index contributed by atoms with van der Waals surface area (Å²) in [6.45, 7) is 3.77. The molecule has 0 aliphatic heterocycles. The Bertz CT molecular complexity index is 2960. The third-order valence-corrected chi connectivity index (χ3v) is 12.3. The SMILES string of the molecule is CN[C@H](CC(C)C)C(=O)N[C@H](Cc1ccc(O)cc1)C(=O)N[C@@H](CC(N)=O)C(=O)N[C@@H](C(=O)N[C@@H](C(=O)N[C@H](C(=O)N[C@H](C(=O)O)c1cc(O)cc(O)c1)[C@H](O)c1ccc(O)c(Cl)c1)c1ccc(O)cc1)c1ccc(O)cc1. The summed E-state index contributed by atoms with van der Waals surface area (Å²) >= 11 is 6.12. The first-order valence-corrected chi connectivity index (χ1v) is 24.3. The fourth-order valence-corrected chi connectivity index (χ4v) is 8.18. The monoisotopic (exact) mass is 1100 g/mol. The molecule has 5 rings (SSSR count). The summed E-state index contributed by atoms with van der Waals surface area (Å²) in [5.41, 5.74) is 5.29. The van der Waals surface area contributed by atoms with Crippen molar-refractivity contribution in [1.29, 1.82) is 0 Å². The van der Waals surface area contributed by atoms with E-state index in [0.29, 0.717) is 12.0 Å². The van der Waals surface area contributed by atoms with Gasteiger partial charge in [0.05, 0.1) is 17.5 Å². The molecular formula is C53H59ClN8O16. The van der Waals surface area contributed by atoms with Gasteiger partial charge in [0.15, 0.2) is 6.04 Å². The van der Waals surface area contributed by atoms with Gasteiger partial charge in [-0.05, 0) is 108 Å². The van der Waals surface area contributed by atoms with Gasteiger partial charge in [0, 0.05) is 12.5 Å². The van der Waals surface area contributed by atoms with Crippen LogP contribution in [0.3, 0.4) is 0 Å². The number of nitrogens with two attached hydrogens (primary N) is 1. The van der Waals surface area contributed by atoms with Gasteiger partial charge in [-0.2, -0.15) is 0 Å². The molecule has 0 fully saturated rings. The van der Waals surface area contributed by atoms with Gasteiger partial charge >= 0.3 is 5.97 Å². The average Bonchev–Trinajstić information content (AvgIpc) is 3.37. The molecule has 0 aromatic heterocycles. The lowest BCUT2D eigenvalue weighted by Crippen LogP contribution is -2.58. The zero-order valence-corrected chi connectivity index (χ0v) is 42.8. The number of aliphatic hydroxyl groups excluding tert-OH is 1. The highest BCUT2D eigenvalue weighted by Crippen LogP contribution is 2.31. The van der Waals surface area contributed by atoms with Crippen LogP contribution in [0.1, 0.15) is 78.7 Å². The van der Waals surface area contributed by atoms with E-state index in [0.717, 1.165) is 60.7 Å². The maximum Gasteiger partial charge on any atom is 0.330 e. The van der Waals surface area contributed by atoms with Crippen LogP contribution in [0.15, 0.2) is 109 Å². The van der Waals surface area contributed by atoms with Crippen molar-refractivity contribution >= 4 is 58.9 Å². The van der Waals surface area contributed by atoms with E-state index in [9.17, 15) is 79.2 Å². The second-order valence-electron chi connectivity index (χ2n) is 18.4. The van der Waals surface area contributed by atoms with E-state index in [2.05, 4.69) is 37.2 Å². The standard InChI is InChI=1S/C53H59ClN8O16/c1-25(2)18-37(56-3)47(71)57-38(19-26-4-11-31(63)12-5-26)48(72)58-39(24-41(55)69)49(73)59-42(27-6-13-32(64)14-7-27)50(74)60-43(28-8-15-33(65)16-9-28)51(75)62-45(46(70)29-10-17-40(68)36(54)22-29)52(76)61-44(53(77)78)30-20-34(66)23-35(67)21-30/h4-17,20-23,25,37-39,42-46,56,63-68,70H,18-19,24H2,1-3H3,(H2,55,69)(H,57,71)(H,58,72)(H,59,73)(H,60,74)(H,61,76)(H,62,75)(H,77,78)/t37-,38-,39+,42-,43-,44+,45+,46-/m1/s1. The fourth-order valence-electron chi connectivity index (χ4n) is 7.99. The highest BCUT2D eigenvalue weighted by molar-refractivity contribution is 6.32. The lowest BCUT2D eigenvalue weighted by molar-refractivity contribution is -0.143. The third-order valence-electron chi connectivity index (χ3n) is 12.0. The molecule has 17 N–H and O–H groups in total. The average molecular weight is 1100 g/mol. The van der Waals surface area contributed by atoms with Gasteiger partial charge in [-0.15, -0.1) is 0 Å². The van der Waals surface area contributed by atoms with Crippen LogP contribution in [-0.2, 0) is 44.8 Å². The first kappa shape index (κ1) is 59.7. The summed E-state index contributed by atoms with van der Waals surface area (Å²) in [5.74, 6) is -11.8. The van der Waals surface area contributed by atoms with Gasteiger partial charge < -0.3 is 83.8 Å². The number of benzene rings is 5. The van der Waals surface area contributed by atoms with Crippen molar-refractivity contribution in [3.8, 4) is 34.5 Å². The number of likely N-dealkylation sites (N-methyl/N-ethyl adjacent to an activating group) is 1. The minimum Gasteiger partial charge on any atom is -0.508 e. The lowest BCUT2D eigenvalue weighted by Gasteiger charge is -2.29. The van der Waals surface area contributed by atoms with Crippen LogP contribution in [0.25, 0.3) is 0 Å². The molecule has 0 aliphatic carbocycles. The molecule has 25 heteroatoms. The summed E-state index contributed by atoms with van der Waals surface area (Å²) in [5, 5.41) is 99.5. The van der Waals surface area contributed by atoms with Crippen LogP contribution < -0.4 is 43.0 Å². The minimum absolute atomic E-state index is 0.0486. The number of carboxylic acid groups (broad SMARTS) is 1. The van der Waals surface area contributed by atoms with Crippen LogP contribution >= 0.6 is 11.6 Å². The third kappa shape index (κ3) is 16.7. The number of hydrogen-bond acceptors (Lipinski definition) is 16. The molecule has 0 unspecified atom stereocenters. The highest BCUT2D eigenvalue weighted by Gasteiger charge is 2.38. The van der Waals surface area contributed by atoms with E-state index < -0.39 is 119 Å². The summed E-state index contributed by atoms with van der Waals surface area (Å²) in [6, 6.07) is 8.86. The van der Waals surface area contributed by atoms with E-state index in [1.165, 1.54) is 48.5 Å². The molecule has 414 valence electrons. The largest absolute Gasteiger partial charge is 0.508 e. The zero-order chi connectivity index (χ0) is 57.5. The molecule has 0 spiro atoms. The van der Waals surface area contributed by atoms with Gasteiger partial charge in [-0.3, -0.25) is 33.6 Å². The number of hydrogen-bond donors (Lipinski definition) is 16. The number of aromatic hydroxyl groups is 6. The van der Waals surface area contributed by atoms with Gasteiger partial charge in [0.2, 0.25) is 41.4 Å². The number of phenols is 6. The first-order chi connectivity index (χ1) is 36.8. The predicted octanol–water partition coefficient (Wildman–Crippen LogP) is 1.47. The number of primary amides is 1. The normalized spacial score (nSPS) is 14.2. The number of aliphatic carboxylic acids is 1. The van der Waals surface area contributed by atoms with E-state index in [1.807, 2.05) is 13.8 Å². The fraction of sp³-hybridized carbons (Fsp3) is 0.283. The maximum absolute atomic E-state index is 14.7. The van der Waals surface area contributed by atoms with E-state index in [4.69, 9.17) is 17.3 Å². The van der Waals surface area contributed by atoms with Crippen molar-refractivity contribution in [3.05, 3.63) is 142 Å². The molecular weight excluding hydrogens is 1040 g/mol. The zero-order valence-electron chi connectivity index (χ0n) is 42.0. The van der Waals surface area contributed by atoms with Crippen LogP contribution in [-0.4, -0.2) is 119 Å². The maximum atomic E-state index is 14.7. The molecule has 8 atom stereocenters. The first-order valence-electron chi connectivity index (χ1n) is 23.9. The Labute approximate surface area is 450 Å². The Morgan fingerprint density at radius 2 is 0.949 bits per heavy atom. The van der Waals surface area contributed by atoms with Gasteiger partial charge in [0.25, 0.3) is 0 Å². The van der Waals surface area contributed by atoms with Crippen LogP contribution in [0.5, 0.6) is 34.5 Å². The van der Waals surface area contributed by atoms with Crippen molar-refractivity contribution in [1.82, 2.24) is 37.2 Å². The summed E-state index contributed by atoms with van der Waals surface area (Å²) in [6.07, 6.45) is -2.78. The number of nitrogens with one attached hydrogen (secondary N) is 7. The van der Waals surface area contributed by atoms with Crippen LogP contribution in [0.2, 0.25) is 5.02 Å². The molecule has 0 saturated heterocycles. The molecule has 5 aromatic carbocycles. The summed E-state index contributed by atoms with van der Waals surface area (Å²) < 4.78 is 0. The second-order valence-corrected chi connectivity index (χ2v) is 18.8. The van der Waals surface area contributed by atoms with Gasteiger partial charge in [-0.1, -0.05) is 67.9 Å². The topological polar surface area (TPSA) is 409 Å². The predicted molar refractivity (Wildman–Crippen MR) is 278 cm³/mol. The number of carbonyl (C=O) groups is 8. The van der Waals surface area contributed by atoms with Gasteiger partial charge in [0.1, 0.15) is 70.8 Å². The molecule has 78 heavy (non-hydrogen) atoms. The Kier molecular flexibility index (Phi) is 20.7. The Hall–Kier alpha value is -9.13. The Morgan fingerprint density at radius 1 is 0.500 bits per heavy atom. The Balaban J connectivity index is 1.51. The highest BCUT2D eigenvalue weighted by atomic mass is 35.5. The molecule has 24 nitrogen and oxygen atoms in total. The van der Waals surface area contributed by atoms with E-state index in [1.54, 1.807) is 7.05 Å². The number of aliphatic hydroxyl groups is 1. The molecule has 0 heterocycles. The quantitative estimate of drug-likeness (QED) is 0.0393. The lowest BCUT2D eigenvalue weighted by atomic mass is 9.98. The Morgan fingerprint density at radius 3 is 1.44 bits per heavy atom. The van der Waals surface area contributed by atoms with E-state index in [-0.39, 0.29) is 56.9 Å². The number of carbonyl (C=O) groups excluding carboxylic acids is 7. The number of halogens is 1. The van der Waals surface area contributed by atoms with E-state index >= 15 is 0 Å². The van der Waals surface area contributed by atoms with Crippen molar-refractivity contribution in [2.45, 2.75) is 81.5 Å².